The normalized spacial score (nSPS) is 12.7. The quantitative estimate of drug-likeness (QED) is 0.494. The van der Waals surface area contributed by atoms with E-state index in [1.165, 1.54) is 0 Å². The summed E-state index contributed by atoms with van der Waals surface area (Å²) in [6.45, 7) is 2.07. The monoisotopic (exact) mass is 375 g/mol. The molecule has 0 fully saturated rings. The molecule has 5 aromatic rings. The van der Waals surface area contributed by atoms with Crippen molar-refractivity contribution in [2.75, 3.05) is 0 Å². The Morgan fingerprint density at radius 3 is 3.00 bits per heavy atom. The molecule has 0 aliphatic heterocycles. The fourth-order valence-electron chi connectivity index (χ4n) is 3.30. The van der Waals surface area contributed by atoms with Crippen molar-refractivity contribution in [1.82, 2.24) is 25.0 Å². The van der Waals surface area contributed by atoms with Crippen LogP contribution in [0.3, 0.4) is 0 Å². The zero-order valence-electron chi connectivity index (χ0n) is 14.9. The largest absolute Gasteiger partial charge is 0.486 e. The van der Waals surface area contributed by atoms with Gasteiger partial charge in [0, 0.05) is 46.7 Å². The van der Waals surface area contributed by atoms with Crippen LogP contribution in [-0.4, -0.2) is 25.0 Å². The number of pyridine rings is 1. The molecule has 5 rings (SSSR count). The maximum Gasteiger partial charge on any atom is 0.123 e. The highest BCUT2D eigenvalue weighted by Crippen LogP contribution is 2.34. The van der Waals surface area contributed by atoms with Gasteiger partial charge in [-0.3, -0.25) is 9.78 Å². The van der Waals surface area contributed by atoms with Crippen LogP contribution in [0.15, 0.2) is 54.3 Å². The van der Waals surface area contributed by atoms with Gasteiger partial charge in [-0.2, -0.15) is 10.2 Å². The molecular formula is C20H17N5OS. The first-order chi connectivity index (χ1) is 13.2. The molecule has 1 aromatic carbocycles. The number of ether oxygens (including phenoxy) is 1. The molecule has 1 N–H and O–H groups in total. The minimum Gasteiger partial charge on any atom is -0.486 e. The number of nitrogens with one attached hydrogen (secondary N) is 1. The second kappa shape index (κ2) is 6.21. The van der Waals surface area contributed by atoms with Crippen molar-refractivity contribution in [3.05, 3.63) is 59.9 Å². The average molecular weight is 375 g/mol. The van der Waals surface area contributed by atoms with Crippen molar-refractivity contribution in [1.29, 1.82) is 0 Å². The topological polar surface area (TPSA) is 68.6 Å². The molecule has 0 radical (unpaired) electrons. The van der Waals surface area contributed by atoms with Crippen LogP contribution in [0.25, 0.3) is 32.4 Å². The van der Waals surface area contributed by atoms with Crippen LogP contribution in [0.5, 0.6) is 5.75 Å². The molecule has 27 heavy (non-hydrogen) atoms. The number of aromatic nitrogens is 5. The summed E-state index contributed by atoms with van der Waals surface area (Å²) >= 11 is 1.64. The molecule has 4 aromatic heterocycles. The Labute approximate surface area is 159 Å². The molecule has 134 valence electrons. The van der Waals surface area contributed by atoms with E-state index in [2.05, 4.69) is 38.7 Å². The summed E-state index contributed by atoms with van der Waals surface area (Å²) in [4.78, 5) is 5.45. The molecule has 0 aliphatic rings. The zero-order chi connectivity index (χ0) is 18.4. The molecule has 0 saturated carbocycles. The molecule has 6 nitrogen and oxygen atoms in total. The van der Waals surface area contributed by atoms with Crippen LogP contribution in [0.4, 0.5) is 0 Å². The average Bonchev–Trinajstić information content (AvgIpc) is 3.38. The van der Waals surface area contributed by atoms with Gasteiger partial charge in [0.2, 0.25) is 0 Å². The zero-order valence-corrected chi connectivity index (χ0v) is 15.7. The number of aromatic amines is 1. The number of nitrogens with zero attached hydrogens (tertiary/aromatic N) is 4. The van der Waals surface area contributed by atoms with Crippen molar-refractivity contribution in [3.63, 3.8) is 0 Å². The Hall–Kier alpha value is -3.19. The first-order valence-electron chi connectivity index (χ1n) is 8.65. The van der Waals surface area contributed by atoms with Gasteiger partial charge in [0.05, 0.1) is 11.7 Å². The van der Waals surface area contributed by atoms with E-state index in [-0.39, 0.29) is 6.10 Å². The van der Waals surface area contributed by atoms with Gasteiger partial charge in [-0.1, -0.05) is 0 Å². The summed E-state index contributed by atoms with van der Waals surface area (Å²) in [7, 11) is 1.90. The number of hydrogen-bond acceptors (Lipinski definition) is 5. The maximum atomic E-state index is 6.26. The van der Waals surface area contributed by atoms with E-state index in [1.54, 1.807) is 16.0 Å². The van der Waals surface area contributed by atoms with Crippen molar-refractivity contribution < 1.29 is 4.74 Å². The maximum absolute atomic E-state index is 6.26. The van der Waals surface area contributed by atoms with Gasteiger partial charge in [-0.05, 0) is 37.3 Å². The Morgan fingerprint density at radius 2 is 2.15 bits per heavy atom. The van der Waals surface area contributed by atoms with Gasteiger partial charge in [0.1, 0.15) is 22.4 Å². The highest BCUT2D eigenvalue weighted by molar-refractivity contribution is 7.16. The molecule has 4 heterocycles. The van der Waals surface area contributed by atoms with Crippen LogP contribution < -0.4 is 4.74 Å². The van der Waals surface area contributed by atoms with E-state index in [0.29, 0.717) is 0 Å². The first kappa shape index (κ1) is 16.0. The molecule has 0 amide bonds. The van der Waals surface area contributed by atoms with Crippen molar-refractivity contribution in [3.8, 4) is 17.0 Å². The Kier molecular flexibility index (Phi) is 3.68. The van der Waals surface area contributed by atoms with Gasteiger partial charge in [-0.15, -0.1) is 11.3 Å². The number of rotatable bonds is 4. The Bertz CT molecular complexity index is 1250. The molecule has 7 heteroatoms. The lowest BCUT2D eigenvalue weighted by molar-refractivity contribution is 0.229. The summed E-state index contributed by atoms with van der Waals surface area (Å²) < 4.78 is 8.03. The number of H-pyrrole nitrogens is 1. The minimum absolute atomic E-state index is 0.0749. The van der Waals surface area contributed by atoms with Gasteiger partial charge in [0.25, 0.3) is 0 Å². The molecule has 1 unspecified atom stereocenters. The van der Waals surface area contributed by atoms with E-state index < -0.39 is 0 Å². The van der Waals surface area contributed by atoms with E-state index in [9.17, 15) is 0 Å². The Morgan fingerprint density at radius 1 is 1.22 bits per heavy atom. The summed E-state index contributed by atoms with van der Waals surface area (Å²) in [6, 6.07) is 10.1. The molecule has 0 bridgehead atoms. The number of benzene rings is 1. The van der Waals surface area contributed by atoms with E-state index in [0.717, 1.165) is 43.7 Å². The van der Waals surface area contributed by atoms with Crippen LogP contribution in [0.2, 0.25) is 0 Å². The standard InChI is InChI=1S/C20H17N5OS/c1-12(17-11-27-20-15(17)4-3-7-21-20)26-14-5-6-18-16(8-14)19(24-23-18)13-9-22-25(2)10-13/h3-12H,1-2H3,(H,23,24). The van der Waals surface area contributed by atoms with Gasteiger partial charge >= 0.3 is 0 Å². The lowest BCUT2D eigenvalue weighted by Crippen LogP contribution is -2.02. The van der Waals surface area contributed by atoms with Crippen LogP contribution in [0, 0.1) is 0 Å². The fourth-order valence-corrected chi connectivity index (χ4v) is 4.29. The minimum atomic E-state index is -0.0749. The van der Waals surface area contributed by atoms with Gasteiger partial charge in [-0.25, -0.2) is 4.98 Å². The van der Waals surface area contributed by atoms with Crippen molar-refractivity contribution in [2.24, 2.45) is 7.05 Å². The lowest BCUT2D eigenvalue weighted by atomic mass is 10.1. The molecule has 1 atom stereocenters. The third-order valence-electron chi connectivity index (χ3n) is 4.64. The number of aryl methyl sites for hydroxylation is 1. The lowest BCUT2D eigenvalue weighted by Gasteiger charge is -2.14. The third kappa shape index (κ3) is 2.76. The number of fused-ring (bicyclic) bond motifs is 2. The fraction of sp³-hybridized carbons (Fsp3) is 0.150. The van der Waals surface area contributed by atoms with E-state index >= 15 is 0 Å². The number of hydrogen-bond donors (Lipinski definition) is 1. The van der Waals surface area contributed by atoms with E-state index in [1.807, 2.05) is 49.9 Å². The van der Waals surface area contributed by atoms with Crippen LogP contribution >= 0.6 is 11.3 Å². The summed E-state index contributed by atoms with van der Waals surface area (Å²) in [5.41, 5.74) is 3.98. The SMILES string of the molecule is CC(Oc1ccc2[nH]nc(-c3cnn(C)c3)c2c1)c1csc2ncccc12. The summed E-state index contributed by atoms with van der Waals surface area (Å²) in [5, 5.41) is 16.1. The second-order valence-corrected chi connectivity index (χ2v) is 7.35. The predicted octanol–water partition coefficient (Wildman–Crippen LogP) is 4.71. The van der Waals surface area contributed by atoms with Crippen LogP contribution in [-0.2, 0) is 7.05 Å². The molecule has 0 spiro atoms. The van der Waals surface area contributed by atoms with Crippen molar-refractivity contribution >= 4 is 32.5 Å². The highest BCUT2D eigenvalue weighted by Gasteiger charge is 2.15. The molecular weight excluding hydrogens is 358 g/mol. The first-order valence-corrected chi connectivity index (χ1v) is 9.53. The second-order valence-electron chi connectivity index (χ2n) is 6.49. The summed E-state index contributed by atoms with van der Waals surface area (Å²) in [5.74, 6) is 0.810. The molecule has 0 saturated heterocycles. The highest BCUT2D eigenvalue weighted by atomic mass is 32.1. The smallest absolute Gasteiger partial charge is 0.123 e. The van der Waals surface area contributed by atoms with Gasteiger partial charge in [0.15, 0.2) is 0 Å². The van der Waals surface area contributed by atoms with Crippen molar-refractivity contribution in [2.45, 2.75) is 13.0 Å². The van der Waals surface area contributed by atoms with E-state index in [4.69, 9.17) is 4.74 Å². The summed E-state index contributed by atoms with van der Waals surface area (Å²) in [6.07, 6.45) is 5.52. The Balaban J connectivity index is 1.50. The van der Waals surface area contributed by atoms with Crippen LogP contribution in [0.1, 0.15) is 18.6 Å². The molecule has 0 aliphatic carbocycles. The predicted molar refractivity (Wildman–Crippen MR) is 107 cm³/mol. The third-order valence-corrected chi connectivity index (χ3v) is 5.56. The van der Waals surface area contributed by atoms with Gasteiger partial charge < -0.3 is 4.74 Å². The number of thiophene rings is 1.